The highest BCUT2D eigenvalue weighted by Gasteiger charge is 2.06. The first-order valence-electron chi connectivity index (χ1n) is 7.50. The lowest BCUT2D eigenvalue weighted by atomic mass is 10.0. The van der Waals surface area contributed by atoms with E-state index in [-0.39, 0.29) is 58.2 Å². The van der Waals surface area contributed by atoms with E-state index in [9.17, 15) is 0 Å². The summed E-state index contributed by atoms with van der Waals surface area (Å²) in [4.78, 5) is 0. The van der Waals surface area contributed by atoms with E-state index in [1.165, 1.54) is 0 Å². The van der Waals surface area contributed by atoms with Crippen molar-refractivity contribution in [3.05, 3.63) is 47.4 Å². The van der Waals surface area contributed by atoms with Crippen molar-refractivity contribution >= 4 is 22.9 Å². The first-order chi connectivity index (χ1) is 9.29. The Morgan fingerprint density at radius 2 is 1.42 bits per heavy atom. The van der Waals surface area contributed by atoms with E-state index in [0.717, 1.165) is 0 Å². The summed E-state index contributed by atoms with van der Waals surface area (Å²) in [6, 6.07) is -2.84. The minimum Gasteiger partial charge on any atom is -0.0610 e. The van der Waals surface area contributed by atoms with Crippen LogP contribution in [0.3, 0.4) is 0 Å². The topological polar surface area (TPSA) is 0 Å². The molecule has 0 N–H and O–H groups in total. The van der Waals surface area contributed by atoms with Crippen molar-refractivity contribution in [2.24, 2.45) is 0 Å². The zero-order valence-electron chi connectivity index (χ0n) is 14.0. The second-order valence-electron chi connectivity index (χ2n) is 2.50. The molecule has 0 amide bonds. The predicted molar refractivity (Wildman–Crippen MR) is 52.9 cm³/mol. The second kappa shape index (κ2) is 1.98. The number of rotatable bonds is 0. The minimum absolute atomic E-state index is 0.0167. The lowest BCUT2D eigenvalue weighted by Gasteiger charge is -1.99. The Balaban J connectivity index is 2.75. The van der Waals surface area contributed by atoms with Crippen LogP contribution in [0.5, 0.6) is 0 Å². The fourth-order valence-electron chi connectivity index (χ4n) is 1.28. The van der Waals surface area contributed by atoms with Gasteiger partial charge in [-0.1, -0.05) is 48.4 Å². The monoisotopic (exact) mass is 160 g/mol. The minimum atomic E-state index is -0.427. The highest BCUT2D eigenvalue weighted by atomic mass is 14.1. The van der Waals surface area contributed by atoms with Crippen LogP contribution in [0, 0.1) is 0 Å². The molecule has 0 aliphatic heterocycles. The van der Waals surface area contributed by atoms with Gasteiger partial charge in [0.05, 0.1) is 11.0 Å². The van der Waals surface area contributed by atoms with Gasteiger partial charge in [0.15, 0.2) is 0 Å². The van der Waals surface area contributed by atoms with Crippen LogP contribution in [-0.4, -0.2) is 0 Å². The van der Waals surface area contributed by atoms with Crippen LogP contribution in [0.2, 0.25) is 0 Å². The Labute approximate surface area is 82.4 Å². The van der Waals surface area contributed by atoms with Gasteiger partial charge in [0.2, 0.25) is 0 Å². The zero-order valence-corrected chi connectivity index (χ0v) is 6.00. The summed E-state index contributed by atoms with van der Waals surface area (Å²) in [5.41, 5.74) is 0.0333. The van der Waals surface area contributed by atoms with Crippen LogP contribution >= 0.6 is 0 Å². The molecule has 0 saturated carbocycles. The Morgan fingerprint density at radius 3 is 2.00 bits per heavy atom. The van der Waals surface area contributed by atoms with Gasteiger partial charge in [-0.15, -0.1) is 0 Å². The van der Waals surface area contributed by atoms with Gasteiger partial charge in [-0.05, 0) is 21.9 Å². The highest BCUT2D eigenvalue weighted by molar-refractivity contribution is 6.04. The summed E-state index contributed by atoms with van der Waals surface area (Å²) in [5, 5.41) is 0.126. The lowest BCUT2D eigenvalue weighted by molar-refractivity contribution is 1.72. The smallest absolute Gasteiger partial charge is 0.0610 e. The van der Waals surface area contributed by atoms with Crippen molar-refractivity contribution in [3.8, 4) is 0 Å². The predicted octanol–water partition coefficient (Wildman–Crippen LogP) is 3.32. The van der Waals surface area contributed by atoms with E-state index in [1.54, 1.807) is 0 Å². The molecule has 0 heteroatoms. The number of hydrogen-bond acceptors (Lipinski definition) is 0. The molecule has 1 aliphatic carbocycles. The summed E-state index contributed by atoms with van der Waals surface area (Å²) >= 11 is 0. The summed E-state index contributed by atoms with van der Waals surface area (Å²) in [7, 11) is 0. The van der Waals surface area contributed by atoms with E-state index in [2.05, 4.69) is 0 Å². The maximum absolute atomic E-state index is 7.88. The van der Waals surface area contributed by atoms with Crippen LogP contribution in [-0.2, 0) is 0 Å². The highest BCUT2D eigenvalue weighted by Crippen LogP contribution is 2.30. The van der Waals surface area contributed by atoms with Crippen molar-refractivity contribution in [2.75, 3.05) is 0 Å². The third kappa shape index (κ3) is 0.620. The van der Waals surface area contributed by atoms with Gasteiger partial charge in [-0.3, -0.25) is 0 Å². The molecule has 0 heterocycles. The van der Waals surface area contributed by atoms with Gasteiger partial charge in [0.25, 0.3) is 0 Å². The number of benzene rings is 2. The summed E-state index contributed by atoms with van der Waals surface area (Å²) < 4.78 is 62.7. The molecular formula is C12H8. The summed E-state index contributed by atoms with van der Waals surface area (Å²) in [6.45, 7) is 0. The zero-order chi connectivity index (χ0) is 14.9. The molecule has 2 aromatic carbocycles. The molecule has 56 valence electrons. The van der Waals surface area contributed by atoms with Crippen molar-refractivity contribution in [3.63, 3.8) is 0 Å². The molecule has 0 bridgehead atoms. The molecule has 0 fully saturated rings. The fourth-order valence-corrected chi connectivity index (χ4v) is 1.28. The maximum atomic E-state index is 7.88. The third-order valence-corrected chi connectivity index (χ3v) is 1.81. The van der Waals surface area contributed by atoms with E-state index >= 15 is 0 Å². The lowest BCUT2D eigenvalue weighted by Crippen LogP contribution is -1.76. The van der Waals surface area contributed by atoms with Gasteiger partial charge >= 0.3 is 0 Å². The Kier molecular flexibility index (Phi) is 0.367. The van der Waals surface area contributed by atoms with Gasteiger partial charge in [0.1, 0.15) is 0 Å². The van der Waals surface area contributed by atoms with E-state index in [0.29, 0.717) is 0 Å². The fraction of sp³-hybridized carbons (Fsp3) is 0. The average molecular weight is 160 g/mol. The summed E-state index contributed by atoms with van der Waals surface area (Å²) in [5.74, 6) is 0. The van der Waals surface area contributed by atoms with Gasteiger partial charge in [-0.25, -0.2) is 0 Å². The first kappa shape index (κ1) is 2.23. The van der Waals surface area contributed by atoms with Crippen molar-refractivity contribution < 1.29 is 11.0 Å². The Hall–Kier alpha value is -1.56. The van der Waals surface area contributed by atoms with Crippen molar-refractivity contribution in [1.29, 1.82) is 0 Å². The van der Waals surface area contributed by atoms with Crippen molar-refractivity contribution in [2.45, 2.75) is 0 Å². The molecule has 0 atom stereocenters. The van der Waals surface area contributed by atoms with Crippen LogP contribution in [0.1, 0.15) is 22.1 Å². The second-order valence-corrected chi connectivity index (χ2v) is 2.50. The van der Waals surface area contributed by atoms with E-state index < -0.39 is 12.1 Å². The largest absolute Gasteiger partial charge is 0.0629 e. The quantitative estimate of drug-likeness (QED) is 0.554. The molecule has 0 radical (unpaired) electrons. The van der Waals surface area contributed by atoms with Crippen molar-refractivity contribution in [1.82, 2.24) is 0 Å². The molecule has 0 aromatic heterocycles. The molecule has 0 saturated heterocycles. The van der Waals surface area contributed by atoms with Crippen LogP contribution in [0.25, 0.3) is 22.9 Å². The standard InChI is InChI=1S/C12H8/c1-3-9-4-2-6-11-8-7-10(5-1)12(9)11/h1-8H/i1D,2D,3D,4D,5D,6D,7D,8D. The SMILES string of the molecule is [2H]C1=C([2H])c2c([2H])c([2H])c([2H])c3c([2H])c([2H])c([2H])c1c23. The average Bonchev–Trinajstić information content (AvgIpc) is 2.66. The maximum Gasteiger partial charge on any atom is 0.0629 e. The summed E-state index contributed by atoms with van der Waals surface area (Å²) in [6.07, 6.45) is 0. The van der Waals surface area contributed by atoms with E-state index in [1.807, 2.05) is 0 Å². The normalized spacial score (nSPS) is 23.7. The molecule has 0 unspecified atom stereocenters. The first-order valence-corrected chi connectivity index (χ1v) is 3.50. The molecule has 1 aliphatic rings. The van der Waals surface area contributed by atoms with Gasteiger partial charge in [0, 0.05) is 0 Å². The molecule has 12 heavy (non-hydrogen) atoms. The molecule has 2 aromatic rings. The Bertz CT molecular complexity index is 769. The number of hydrogen-bond donors (Lipinski definition) is 0. The Morgan fingerprint density at radius 1 is 0.833 bits per heavy atom. The molecule has 0 nitrogen and oxygen atoms in total. The van der Waals surface area contributed by atoms with E-state index in [4.69, 9.17) is 11.0 Å². The van der Waals surface area contributed by atoms with Gasteiger partial charge in [-0.2, -0.15) is 0 Å². The van der Waals surface area contributed by atoms with Crippen LogP contribution < -0.4 is 0 Å². The molecule has 3 rings (SSSR count). The molecule has 0 spiro atoms. The van der Waals surface area contributed by atoms with Crippen LogP contribution in [0.4, 0.5) is 0 Å². The van der Waals surface area contributed by atoms with Crippen LogP contribution in [0.15, 0.2) is 36.3 Å². The third-order valence-electron chi connectivity index (χ3n) is 1.81. The molecular weight excluding hydrogens is 144 g/mol. The van der Waals surface area contributed by atoms with Gasteiger partial charge < -0.3 is 0 Å².